The number of nitriles is 1. The number of carbonyl (C=O) groups is 1. The summed E-state index contributed by atoms with van der Waals surface area (Å²) >= 11 is 0. The molecule has 0 unspecified atom stereocenters. The Morgan fingerprint density at radius 2 is 2.04 bits per heavy atom. The van der Waals surface area contributed by atoms with Gasteiger partial charge in [0.25, 0.3) is 5.56 Å². The Kier molecular flexibility index (Phi) is 5.96. The molecule has 0 spiro atoms. The molecule has 1 amide bonds. The number of nitrogens with zero attached hydrogens (tertiary/aromatic N) is 2. The van der Waals surface area contributed by atoms with Gasteiger partial charge in [0.1, 0.15) is 23.9 Å². The first-order chi connectivity index (χ1) is 12.0. The van der Waals surface area contributed by atoms with Crippen LogP contribution in [0.2, 0.25) is 0 Å². The molecule has 2 aromatic rings. The Morgan fingerprint density at radius 1 is 1.32 bits per heavy atom. The van der Waals surface area contributed by atoms with Crippen molar-refractivity contribution in [1.29, 1.82) is 5.26 Å². The normalized spacial score (nSPS) is 10.2. The molecule has 0 radical (unpaired) electrons. The van der Waals surface area contributed by atoms with Crippen molar-refractivity contribution in [3.8, 4) is 11.8 Å². The van der Waals surface area contributed by atoms with Crippen LogP contribution in [-0.4, -0.2) is 17.1 Å². The molecule has 6 heteroatoms. The Balaban J connectivity index is 2.23. The first-order valence-corrected chi connectivity index (χ1v) is 8.10. The van der Waals surface area contributed by atoms with Crippen LogP contribution in [0, 0.1) is 25.2 Å². The summed E-state index contributed by atoms with van der Waals surface area (Å²) in [5, 5.41) is 11.9. The van der Waals surface area contributed by atoms with Crippen molar-refractivity contribution in [1.82, 2.24) is 4.57 Å². The Labute approximate surface area is 146 Å². The number of carbonyl (C=O) groups excluding carboxylic acids is 1. The second-order valence-corrected chi connectivity index (χ2v) is 5.74. The number of nitrogens with one attached hydrogen (secondary N) is 1. The average molecular weight is 339 g/mol. The zero-order valence-electron chi connectivity index (χ0n) is 14.6. The molecule has 1 aromatic carbocycles. The number of hydrogen-bond acceptors (Lipinski definition) is 4. The molecule has 130 valence electrons. The topological polar surface area (TPSA) is 84.1 Å². The van der Waals surface area contributed by atoms with E-state index < -0.39 is 5.56 Å². The van der Waals surface area contributed by atoms with Gasteiger partial charge >= 0.3 is 0 Å². The quantitative estimate of drug-likeness (QED) is 0.877. The maximum Gasteiger partial charge on any atom is 0.269 e. The molecule has 0 bridgehead atoms. The summed E-state index contributed by atoms with van der Waals surface area (Å²) in [7, 11) is 0. The van der Waals surface area contributed by atoms with Gasteiger partial charge in [0.2, 0.25) is 5.91 Å². The highest BCUT2D eigenvalue weighted by molar-refractivity contribution is 5.92. The van der Waals surface area contributed by atoms with Crippen LogP contribution in [0.25, 0.3) is 0 Å². The van der Waals surface area contributed by atoms with Crippen LogP contribution >= 0.6 is 0 Å². The van der Waals surface area contributed by atoms with Crippen LogP contribution in [0.1, 0.15) is 30.2 Å². The van der Waals surface area contributed by atoms with E-state index in [1.807, 2.05) is 19.1 Å². The zero-order chi connectivity index (χ0) is 18.4. The highest BCUT2D eigenvalue weighted by atomic mass is 16.5. The van der Waals surface area contributed by atoms with Crippen molar-refractivity contribution < 1.29 is 9.53 Å². The van der Waals surface area contributed by atoms with E-state index in [1.54, 1.807) is 38.1 Å². The van der Waals surface area contributed by atoms with Crippen LogP contribution in [0.4, 0.5) is 5.69 Å². The molecule has 1 heterocycles. The number of anilines is 1. The van der Waals surface area contributed by atoms with Gasteiger partial charge in [0, 0.05) is 5.69 Å². The van der Waals surface area contributed by atoms with Gasteiger partial charge in [-0.25, -0.2) is 0 Å². The zero-order valence-corrected chi connectivity index (χ0v) is 14.6. The van der Waals surface area contributed by atoms with E-state index in [0.717, 1.165) is 6.42 Å². The monoisotopic (exact) mass is 339 g/mol. The van der Waals surface area contributed by atoms with Gasteiger partial charge < -0.3 is 14.6 Å². The summed E-state index contributed by atoms with van der Waals surface area (Å²) in [6.07, 6.45) is 0.858. The van der Waals surface area contributed by atoms with E-state index in [1.165, 1.54) is 4.57 Å². The van der Waals surface area contributed by atoms with Gasteiger partial charge in [0.15, 0.2) is 0 Å². The van der Waals surface area contributed by atoms with Crippen molar-refractivity contribution in [2.45, 2.75) is 33.7 Å². The van der Waals surface area contributed by atoms with Crippen molar-refractivity contribution >= 4 is 11.6 Å². The minimum Gasteiger partial charge on any atom is -0.491 e. The molecule has 0 aliphatic rings. The minimum absolute atomic E-state index is 0.0603. The number of hydrogen-bond donors (Lipinski definition) is 1. The van der Waals surface area contributed by atoms with E-state index in [-0.39, 0.29) is 18.0 Å². The molecule has 1 N–H and O–H groups in total. The fourth-order valence-corrected chi connectivity index (χ4v) is 2.50. The van der Waals surface area contributed by atoms with Crippen LogP contribution < -0.4 is 15.6 Å². The third-order valence-electron chi connectivity index (χ3n) is 3.74. The Bertz CT molecular complexity index is 878. The molecule has 0 fully saturated rings. The number of aryl methyl sites for hydroxylation is 2. The molecule has 0 saturated carbocycles. The summed E-state index contributed by atoms with van der Waals surface area (Å²) in [4.78, 5) is 24.8. The van der Waals surface area contributed by atoms with Gasteiger partial charge in [-0.05, 0) is 44.0 Å². The molecule has 2 rings (SSSR count). The van der Waals surface area contributed by atoms with Crippen molar-refractivity contribution in [3.05, 3.63) is 57.5 Å². The van der Waals surface area contributed by atoms with Crippen LogP contribution in [0.15, 0.2) is 35.1 Å². The number of benzene rings is 1. The van der Waals surface area contributed by atoms with Crippen molar-refractivity contribution in [2.75, 3.05) is 11.9 Å². The van der Waals surface area contributed by atoms with Crippen LogP contribution in [0.3, 0.4) is 0 Å². The number of para-hydroxylation sites is 2. The van der Waals surface area contributed by atoms with Crippen molar-refractivity contribution in [3.63, 3.8) is 0 Å². The standard InChI is InChI=1S/C19H21N3O3/c1-4-9-25-17-8-6-5-7-16(17)21-18(23)12-22-14(3)10-13(2)15(11-20)19(22)24/h5-8,10H,4,9,12H2,1-3H3,(H,21,23). The summed E-state index contributed by atoms with van der Waals surface area (Å²) < 4.78 is 6.91. The predicted octanol–water partition coefficient (Wildman–Crippen LogP) is 2.76. The highest BCUT2D eigenvalue weighted by Gasteiger charge is 2.14. The smallest absolute Gasteiger partial charge is 0.269 e. The van der Waals surface area contributed by atoms with E-state index in [2.05, 4.69) is 5.32 Å². The number of ether oxygens (including phenoxy) is 1. The molecule has 6 nitrogen and oxygen atoms in total. The first-order valence-electron chi connectivity index (χ1n) is 8.10. The summed E-state index contributed by atoms with van der Waals surface area (Å²) in [6.45, 7) is 5.83. The molecule has 0 aliphatic carbocycles. The number of rotatable bonds is 6. The maximum absolute atomic E-state index is 12.4. The van der Waals surface area contributed by atoms with Gasteiger partial charge in [-0.1, -0.05) is 19.1 Å². The third-order valence-corrected chi connectivity index (χ3v) is 3.74. The Hall–Kier alpha value is -3.07. The van der Waals surface area contributed by atoms with E-state index >= 15 is 0 Å². The third kappa shape index (κ3) is 4.27. The lowest BCUT2D eigenvalue weighted by molar-refractivity contribution is -0.116. The number of aromatic nitrogens is 1. The number of pyridine rings is 1. The maximum atomic E-state index is 12.4. The fraction of sp³-hybridized carbons (Fsp3) is 0.316. The SMILES string of the molecule is CCCOc1ccccc1NC(=O)Cn1c(C)cc(C)c(C#N)c1=O. The van der Waals surface area contributed by atoms with E-state index in [0.29, 0.717) is 29.3 Å². The van der Waals surface area contributed by atoms with Gasteiger partial charge in [0.05, 0.1) is 12.3 Å². The largest absolute Gasteiger partial charge is 0.491 e. The minimum atomic E-state index is -0.453. The van der Waals surface area contributed by atoms with E-state index in [9.17, 15) is 9.59 Å². The van der Waals surface area contributed by atoms with Gasteiger partial charge in [-0.15, -0.1) is 0 Å². The lowest BCUT2D eigenvalue weighted by Gasteiger charge is -2.14. The molecule has 25 heavy (non-hydrogen) atoms. The van der Waals surface area contributed by atoms with Crippen LogP contribution in [0.5, 0.6) is 5.75 Å². The number of amides is 1. The first kappa shape index (κ1) is 18.3. The molecule has 0 saturated heterocycles. The second kappa shape index (κ2) is 8.15. The fourth-order valence-electron chi connectivity index (χ4n) is 2.50. The molecule has 0 aliphatic heterocycles. The summed E-state index contributed by atoms with van der Waals surface area (Å²) in [5.41, 5.74) is 1.40. The summed E-state index contributed by atoms with van der Waals surface area (Å²) in [6, 6.07) is 10.8. The molecule has 0 atom stereocenters. The lowest BCUT2D eigenvalue weighted by atomic mass is 10.1. The van der Waals surface area contributed by atoms with E-state index in [4.69, 9.17) is 10.00 Å². The second-order valence-electron chi connectivity index (χ2n) is 5.74. The summed E-state index contributed by atoms with van der Waals surface area (Å²) in [5.74, 6) is 0.230. The molecular weight excluding hydrogens is 318 g/mol. The van der Waals surface area contributed by atoms with Gasteiger partial charge in [-0.3, -0.25) is 9.59 Å². The lowest BCUT2D eigenvalue weighted by Crippen LogP contribution is -2.31. The predicted molar refractivity (Wildman–Crippen MR) is 95.7 cm³/mol. The van der Waals surface area contributed by atoms with Crippen molar-refractivity contribution in [2.24, 2.45) is 0 Å². The Morgan fingerprint density at radius 3 is 2.72 bits per heavy atom. The molecule has 1 aromatic heterocycles. The van der Waals surface area contributed by atoms with Crippen LogP contribution in [-0.2, 0) is 11.3 Å². The highest BCUT2D eigenvalue weighted by Crippen LogP contribution is 2.23. The van der Waals surface area contributed by atoms with Gasteiger partial charge in [-0.2, -0.15) is 5.26 Å². The average Bonchev–Trinajstić information content (AvgIpc) is 2.58. The molecular formula is C19H21N3O3.